The van der Waals surface area contributed by atoms with E-state index in [0.29, 0.717) is 12.3 Å². The number of nitrogens with one attached hydrogen (secondary N) is 2. The first-order valence-electron chi connectivity index (χ1n) is 7.09. The number of hydrogen-bond acceptors (Lipinski definition) is 3. The van der Waals surface area contributed by atoms with Crippen molar-refractivity contribution in [2.45, 2.75) is 33.2 Å². The maximum Gasteiger partial charge on any atom is 0.191 e. The lowest BCUT2D eigenvalue weighted by Gasteiger charge is -2.11. The smallest absolute Gasteiger partial charge is 0.191 e. The Balaban J connectivity index is 0.00000400. The number of phenols is 1. The summed E-state index contributed by atoms with van der Waals surface area (Å²) in [6.07, 6.45) is 2.25. The molecule has 0 heterocycles. The number of rotatable bonds is 7. The molecule has 0 aliphatic carbocycles. The Morgan fingerprint density at radius 1 is 1.29 bits per heavy atom. The van der Waals surface area contributed by atoms with Gasteiger partial charge in [-0.3, -0.25) is 0 Å². The van der Waals surface area contributed by atoms with Crippen LogP contribution in [0.5, 0.6) is 11.5 Å². The van der Waals surface area contributed by atoms with Crippen LogP contribution in [0.15, 0.2) is 23.2 Å². The van der Waals surface area contributed by atoms with Crippen LogP contribution in [0.3, 0.4) is 0 Å². The average molecular weight is 407 g/mol. The molecule has 0 amide bonds. The molecule has 0 saturated heterocycles. The Kier molecular flexibility index (Phi) is 10.8. The largest absolute Gasteiger partial charge is 0.504 e. The lowest BCUT2D eigenvalue weighted by Crippen LogP contribution is -2.37. The molecule has 0 aliphatic heterocycles. The topological polar surface area (TPSA) is 65.9 Å². The van der Waals surface area contributed by atoms with Gasteiger partial charge in [-0.25, -0.2) is 4.99 Å². The van der Waals surface area contributed by atoms with E-state index >= 15 is 0 Å². The van der Waals surface area contributed by atoms with Gasteiger partial charge in [0.15, 0.2) is 17.5 Å². The number of aromatic hydroxyl groups is 1. The van der Waals surface area contributed by atoms with Crippen LogP contribution >= 0.6 is 24.0 Å². The minimum atomic E-state index is 0. The fraction of sp³-hybridized carbons (Fsp3) is 0.533. The molecule has 120 valence electrons. The van der Waals surface area contributed by atoms with Gasteiger partial charge >= 0.3 is 0 Å². The zero-order chi connectivity index (χ0) is 14.8. The standard InChI is InChI=1S/C15H25N3O2.HI/c1-4-6-10-17-15(16-5-2)18-11-12-8-7-9-13(20-3)14(12)19;/h7-9,19H,4-6,10-11H2,1-3H3,(H2,16,17,18);1H. The van der Waals surface area contributed by atoms with Gasteiger partial charge in [-0.05, 0) is 19.4 Å². The molecule has 0 fully saturated rings. The van der Waals surface area contributed by atoms with Gasteiger partial charge in [0.25, 0.3) is 0 Å². The summed E-state index contributed by atoms with van der Waals surface area (Å²) in [7, 11) is 1.54. The van der Waals surface area contributed by atoms with Gasteiger partial charge in [0, 0.05) is 18.7 Å². The molecule has 0 aromatic heterocycles. The van der Waals surface area contributed by atoms with Crippen molar-refractivity contribution in [3.8, 4) is 11.5 Å². The highest BCUT2D eigenvalue weighted by Crippen LogP contribution is 2.29. The zero-order valence-electron chi connectivity index (χ0n) is 13.0. The van der Waals surface area contributed by atoms with Crippen LogP contribution < -0.4 is 15.4 Å². The molecule has 0 spiro atoms. The van der Waals surface area contributed by atoms with Crippen molar-refractivity contribution in [2.75, 3.05) is 20.2 Å². The lowest BCUT2D eigenvalue weighted by molar-refractivity contribution is 0.370. The molecule has 21 heavy (non-hydrogen) atoms. The molecule has 1 aromatic rings. The van der Waals surface area contributed by atoms with E-state index in [1.807, 2.05) is 19.1 Å². The normalized spacial score (nSPS) is 10.7. The van der Waals surface area contributed by atoms with Gasteiger partial charge in [0.1, 0.15) is 0 Å². The van der Waals surface area contributed by atoms with E-state index in [9.17, 15) is 5.11 Å². The summed E-state index contributed by atoms with van der Waals surface area (Å²) in [6, 6.07) is 5.42. The minimum absolute atomic E-state index is 0. The summed E-state index contributed by atoms with van der Waals surface area (Å²) in [6.45, 7) is 6.29. The summed E-state index contributed by atoms with van der Waals surface area (Å²) < 4.78 is 5.09. The molecule has 6 heteroatoms. The van der Waals surface area contributed by atoms with Crippen LogP contribution in [0.1, 0.15) is 32.3 Å². The molecule has 0 unspecified atom stereocenters. The maximum absolute atomic E-state index is 10.0. The van der Waals surface area contributed by atoms with Gasteiger partial charge in [-0.15, -0.1) is 24.0 Å². The van der Waals surface area contributed by atoms with Crippen LogP contribution in [0.4, 0.5) is 0 Å². The van der Waals surface area contributed by atoms with E-state index in [0.717, 1.165) is 37.5 Å². The van der Waals surface area contributed by atoms with E-state index in [1.54, 1.807) is 13.2 Å². The molecule has 1 aromatic carbocycles. The number of methoxy groups -OCH3 is 1. The second kappa shape index (κ2) is 11.5. The molecule has 3 N–H and O–H groups in total. The van der Waals surface area contributed by atoms with Crippen LogP contribution in [0.25, 0.3) is 0 Å². The van der Waals surface area contributed by atoms with E-state index in [1.165, 1.54) is 0 Å². The van der Waals surface area contributed by atoms with Crippen molar-refractivity contribution in [1.82, 2.24) is 10.6 Å². The number of ether oxygens (including phenoxy) is 1. The Hall–Kier alpha value is -1.18. The minimum Gasteiger partial charge on any atom is -0.504 e. The number of guanidine groups is 1. The predicted molar refractivity (Wildman–Crippen MR) is 97.8 cm³/mol. The third-order valence-corrected chi connectivity index (χ3v) is 2.88. The lowest BCUT2D eigenvalue weighted by atomic mass is 10.2. The van der Waals surface area contributed by atoms with Crippen molar-refractivity contribution in [2.24, 2.45) is 4.99 Å². The van der Waals surface area contributed by atoms with Crippen molar-refractivity contribution < 1.29 is 9.84 Å². The number of unbranched alkanes of at least 4 members (excludes halogenated alkanes) is 1. The maximum atomic E-state index is 10.0. The zero-order valence-corrected chi connectivity index (χ0v) is 15.3. The molecular weight excluding hydrogens is 381 g/mol. The Morgan fingerprint density at radius 3 is 2.67 bits per heavy atom. The first kappa shape index (κ1) is 19.8. The van der Waals surface area contributed by atoms with Gasteiger partial charge in [0.05, 0.1) is 13.7 Å². The summed E-state index contributed by atoms with van der Waals surface area (Å²) in [5.74, 6) is 1.40. The second-order valence-corrected chi connectivity index (χ2v) is 4.44. The average Bonchev–Trinajstić information content (AvgIpc) is 2.46. The van der Waals surface area contributed by atoms with Crippen LogP contribution in [-0.4, -0.2) is 31.3 Å². The van der Waals surface area contributed by atoms with Crippen LogP contribution in [0.2, 0.25) is 0 Å². The summed E-state index contributed by atoms with van der Waals surface area (Å²) in [5.41, 5.74) is 0.747. The van der Waals surface area contributed by atoms with Crippen molar-refractivity contribution in [1.29, 1.82) is 0 Å². The predicted octanol–water partition coefficient (Wildman–Crippen LogP) is 2.87. The summed E-state index contributed by atoms with van der Waals surface area (Å²) >= 11 is 0. The van der Waals surface area contributed by atoms with Crippen molar-refractivity contribution in [3.05, 3.63) is 23.8 Å². The number of para-hydroxylation sites is 1. The third kappa shape index (κ3) is 6.88. The molecular formula is C15H26IN3O2. The highest BCUT2D eigenvalue weighted by Gasteiger charge is 2.06. The fourth-order valence-corrected chi connectivity index (χ4v) is 1.75. The number of hydrogen-bond donors (Lipinski definition) is 3. The van der Waals surface area contributed by atoms with Crippen molar-refractivity contribution in [3.63, 3.8) is 0 Å². The Bertz CT molecular complexity index is 439. The monoisotopic (exact) mass is 407 g/mol. The molecule has 0 bridgehead atoms. The quantitative estimate of drug-likeness (QED) is 0.282. The summed E-state index contributed by atoms with van der Waals surface area (Å²) in [5, 5.41) is 16.5. The van der Waals surface area contributed by atoms with E-state index in [4.69, 9.17) is 4.74 Å². The van der Waals surface area contributed by atoms with Crippen LogP contribution in [-0.2, 0) is 6.54 Å². The highest BCUT2D eigenvalue weighted by atomic mass is 127. The number of benzene rings is 1. The molecule has 0 radical (unpaired) electrons. The van der Waals surface area contributed by atoms with E-state index < -0.39 is 0 Å². The Morgan fingerprint density at radius 2 is 2.05 bits per heavy atom. The number of aliphatic imine (C=N–C) groups is 1. The highest BCUT2D eigenvalue weighted by molar-refractivity contribution is 14.0. The third-order valence-electron chi connectivity index (χ3n) is 2.88. The van der Waals surface area contributed by atoms with Gasteiger partial charge in [-0.1, -0.05) is 25.5 Å². The van der Waals surface area contributed by atoms with Crippen LogP contribution in [0, 0.1) is 0 Å². The molecule has 0 atom stereocenters. The summed E-state index contributed by atoms with van der Waals surface area (Å²) in [4.78, 5) is 4.47. The molecule has 1 rings (SSSR count). The first-order chi connectivity index (χ1) is 9.72. The Labute approximate surface area is 144 Å². The second-order valence-electron chi connectivity index (χ2n) is 4.44. The van der Waals surface area contributed by atoms with Gasteiger partial charge < -0.3 is 20.5 Å². The molecule has 0 saturated carbocycles. The number of phenolic OH excluding ortho intramolecular Hbond substituents is 1. The number of nitrogens with zero attached hydrogens (tertiary/aromatic N) is 1. The van der Waals surface area contributed by atoms with Gasteiger partial charge in [-0.2, -0.15) is 0 Å². The van der Waals surface area contributed by atoms with E-state index in [-0.39, 0.29) is 29.7 Å². The van der Waals surface area contributed by atoms with Crippen molar-refractivity contribution >= 4 is 29.9 Å². The van der Waals surface area contributed by atoms with E-state index in [2.05, 4.69) is 22.5 Å². The number of halogens is 1. The SMILES string of the molecule is CCCCNC(=NCc1cccc(OC)c1O)NCC.I. The molecule has 5 nitrogen and oxygen atoms in total. The van der Waals surface area contributed by atoms with Gasteiger partial charge in [0.2, 0.25) is 0 Å². The first-order valence-corrected chi connectivity index (χ1v) is 7.09. The molecule has 0 aliphatic rings. The fourth-order valence-electron chi connectivity index (χ4n) is 1.75.